The molecule has 0 fully saturated rings. The van der Waals surface area contributed by atoms with Crippen LogP contribution in [0.15, 0.2) is 12.1 Å². The van der Waals surface area contributed by atoms with Gasteiger partial charge in [0.15, 0.2) is 11.5 Å². The maximum atomic E-state index is 6.10. The average Bonchev–Trinajstić information content (AvgIpc) is 2.42. The predicted octanol–water partition coefficient (Wildman–Crippen LogP) is 2.70. The first-order valence-electron chi connectivity index (χ1n) is 5.37. The van der Waals surface area contributed by atoms with E-state index in [4.69, 9.17) is 26.8 Å². The summed E-state index contributed by atoms with van der Waals surface area (Å²) in [5.41, 5.74) is 6.56. The molecular weight excluding hydrogens is 226 g/mol. The molecule has 3 nitrogen and oxygen atoms in total. The molecule has 1 aromatic carbocycles. The Morgan fingerprint density at radius 3 is 2.44 bits per heavy atom. The minimum Gasteiger partial charge on any atom is -0.489 e. The highest BCUT2D eigenvalue weighted by Crippen LogP contribution is 2.42. The van der Waals surface area contributed by atoms with Gasteiger partial charge in [0.05, 0.1) is 18.2 Å². The van der Waals surface area contributed by atoms with Gasteiger partial charge < -0.3 is 15.2 Å². The highest BCUT2D eigenvalue weighted by Gasteiger charge is 2.25. The number of halogens is 1. The van der Waals surface area contributed by atoms with Gasteiger partial charge in [-0.3, -0.25) is 0 Å². The smallest absolute Gasteiger partial charge is 0.180 e. The van der Waals surface area contributed by atoms with Gasteiger partial charge in [0.2, 0.25) is 0 Å². The van der Waals surface area contributed by atoms with Crippen LogP contribution in [0.4, 0.5) is 0 Å². The van der Waals surface area contributed by atoms with E-state index < -0.39 is 5.54 Å². The van der Waals surface area contributed by atoms with E-state index in [0.29, 0.717) is 29.7 Å². The van der Waals surface area contributed by atoms with E-state index >= 15 is 0 Å². The minimum atomic E-state index is -0.470. The molecule has 2 N–H and O–H groups in total. The molecule has 0 unspecified atom stereocenters. The van der Waals surface area contributed by atoms with Gasteiger partial charge >= 0.3 is 0 Å². The second-order valence-electron chi connectivity index (χ2n) is 4.53. The third-order valence-corrected chi connectivity index (χ3v) is 2.84. The molecule has 1 aliphatic heterocycles. The molecule has 0 bridgehead atoms. The van der Waals surface area contributed by atoms with Crippen LogP contribution < -0.4 is 15.2 Å². The summed E-state index contributed by atoms with van der Waals surface area (Å²) < 4.78 is 11.3. The van der Waals surface area contributed by atoms with Crippen molar-refractivity contribution in [2.75, 3.05) is 13.2 Å². The van der Waals surface area contributed by atoms with Gasteiger partial charge in [-0.15, -0.1) is 0 Å². The van der Waals surface area contributed by atoms with Crippen LogP contribution in [-0.4, -0.2) is 13.2 Å². The number of hydrogen-bond donors (Lipinski definition) is 1. The topological polar surface area (TPSA) is 44.5 Å². The molecule has 0 aliphatic carbocycles. The summed E-state index contributed by atoms with van der Waals surface area (Å²) in [5.74, 6) is 1.31. The normalized spacial score (nSPS) is 15.8. The van der Waals surface area contributed by atoms with Crippen molar-refractivity contribution in [1.29, 1.82) is 0 Å². The zero-order valence-electron chi connectivity index (χ0n) is 9.55. The Hall–Kier alpha value is -0.930. The molecule has 1 heterocycles. The Balaban J connectivity index is 2.56. The number of fused-ring (bicyclic) bond motifs is 1. The third kappa shape index (κ3) is 2.11. The summed E-state index contributed by atoms with van der Waals surface area (Å²) in [4.78, 5) is 0. The SMILES string of the molecule is CC(C)(N)c1ccc(Cl)c2c1OCCCO2. The Kier molecular flexibility index (Phi) is 3.00. The van der Waals surface area contributed by atoms with Crippen molar-refractivity contribution in [1.82, 2.24) is 0 Å². The average molecular weight is 242 g/mol. The number of hydrogen-bond acceptors (Lipinski definition) is 3. The van der Waals surface area contributed by atoms with Crippen molar-refractivity contribution >= 4 is 11.6 Å². The fraction of sp³-hybridized carbons (Fsp3) is 0.500. The summed E-state index contributed by atoms with van der Waals surface area (Å²) in [5, 5.41) is 0.574. The first-order chi connectivity index (χ1) is 7.50. The summed E-state index contributed by atoms with van der Waals surface area (Å²) in [7, 11) is 0. The first-order valence-corrected chi connectivity index (χ1v) is 5.75. The summed E-state index contributed by atoms with van der Waals surface area (Å²) in [6.07, 6.45) is 0.857. The second kappa shape index (κ2) is 4.15. The van der Waals surface area contributed by atoms with E-state index in [1.54, 1.807) is 6.07 Å². The van der Waals surface area contributed by atoms with E-state index in [0.717, 1.165) is 12.0 Å². The van der Waals surface area contributed by atoms with Gasteiger partial charge in [-0.05, 0) is 19.9 Å². The van der Waals surface area contributed by atoms with E-state index in [9.17, 15) is 0 Å². The molecule has 88 valence electrons. The van der Waals surface area contributed by atoms with Gasteiger partial charge in [-0.25, -0.2) is 0 Å². The van der Waals surface area contributed by atoms with Crippen LogP contribution in [0, 0.1) is 0 Å². The molecule has 16 heavy (non-hydrogen) atoms. The van der Waals surface area contributed by atoms with Crippen molar-refractivity contribution < 1.29 is 9.47 Å². The molecule has 0 spiro atoms. The minimum absolute atomic E-state index is 0.470. The highest BCUT2D eigenvalue weighted by atomic mass is 35.5. The van der Waals surface area contributed by atoms with Crippen molar-refractivity contribution in [3.8, 4) is 11.5 Å². The van der Waals surface area contributed by atoms with Gasteiger partial charge in [-0.2, -0.15) is 0 Å². The standard InChI is InChI=1S/C12H16ClNO2/c1-12(2,14)8-4-5-9(13)11-10(8)15-6-3-7-16-11/h4-5H,3,6-7,14H2,1-2H3. The Morgan fingerprint density at radius 2 is 1.81 bits per heavy atom. The maximum absolute atomic E-state index is 6.10. The summed E-state index contributed by atoms with van der Waals surface area (Å²) >= 11 is 6.09. The van der Waals surface area contributed by atoms with E-state index in [1.807, 2.05) is 19.9 Å². The third-order valence-electron chi connectivity index (χ3n) is 2.54. The van der Waals surface area contributed by atoms with Gasteiger partial charge in [0.25, 0.3) is 0 Å². The highest BCUT2D eigenvalue weighted by molar-refractivity contribution is 6.32. The zero-order chi connectivity index (χ0) is 11.8. The fourth-order valence-corrected chi connectivity index (χ4v) is 1.93. The molecule has 0 saturated heterocycles. The second-order valence-corrected chi connectivity index (χ2v) is 4.93. The maximum Gasteiger partial charge on any atom is 0.180 e. The molecule has 4 heteroatoms. The van der Waals surface area contributed by atoms with Crippen LogP contribution in [0.5, 0.6) is 11.5 Å². The largest absolute Gasteiger partial charge is 0.489 e. The number of rotatable bonds is 1. The number of nitrogens with two attached hydrogens (primary N) is 1. The Morgan fingerprint density at radius 1 is 1.19 bits per heavy atom. The van der Waals surface area contributed by atoms with Crippen LogP contribution in [-0.2, 0) is 5.54 Å². The molecule has 2 rings (SSSR count). The van der Waals surface area contributed by atoms with Crippen molar-refractivity contribution in [3.63, 3.8) is 0 Å². The molecule has 0 radical (unpaired) electrons. The predicted molar refractivity (Wildman–Crippen MR) is 64.3 cm³/mol. The lowest BCUT2D eigenvalue weighted by Gasteiger charge is -2.23. The van der Waals surface area contributed by atoms with Crippen LogP contribution in [0.3, 0.4) is 0 Å². The van der Waals surface area contributed by atoms with Crippen LogP contribution in [0.25, 0.3) is 0 Å². The number of benzene rings is 1. The molecular formula is C12H16ClNO2. The summed E-state index contributed by atoms with van der Waals surface area (Å²) in [6.45, 7) is 5.13. The Bertz CT molecular complexity index is 399. The van der Waals surface area contributed by atoms with Crippen molar-refractivity contribution in [2.24, 2.45) is 5.73 Å². The lowest BCUT2D eigenvalue weighted by atomic mass is 9.94. The lowest BCUT2D eigenvalue weighted by Crippen LogP contribution is -2.29. The van der Waals surface area contributed by atoms with E-state index in [-0.39, 0.29) is 0 Å². The Labute approximate surface area is 100 Å². The molecule has 0 atom stereocenters. The van der Waals surface area contributed by atoms with E-state index in [1.165, 1.54) is 0 Å². The zero-order valence-corrected chi connectivity index (χ0v) is 10.3. The lowest BCUT2D eigenvalue weighted by molar-refractivity contribution is 0.294. The van der Waals surface area contributed by atoms with Crippen molar-refractivity contribution in [3.05, 3.63) is 22.7 Å². The fourth-order valence-electron chi connectivity index (χ4n) is 1.73. The van der Waals surface area contributed by atoms with E-state index in [2.05, 4.69) is 0 Å². The number of ether oxygens (including phenoxy) is 2. The van der Waals surface area contributed by atoms with Crippen LogP contribution in [0.2, 0.25) is 5.02 Å². The molecule has 0 amide bonds. The quantitative estimate of drug-likeness (QED) is 0.822. The van der Waals surface area contributed by atoms with Crippen molar-refractivity contribution in [2.45, 2.75) is 25.8 Å². The molecule has 1 aromatic rings. The molecule has 0 saturated carbocycles. The van der Waals surface area contributed by atoms with Gasteiger partial charge in [0.1, 0.15) is 0 Å². The first kappa shape index (κ1) is 11.6. The molecule has 0 aromatic heterocycles. The monoisotopic (exact) mass is 241 g/mol. The van der Waals surface area contributed by atoms with Gasteiger partial charge in [0, 0.05) is 17.5 Å². The van der Waals surface area contributed by atoms with Crippen LogP contribution in [0.1, 0.15) is 25.8 Å². The van der Waals surface area contributed by atoms with Crippen LogP contribution >= 0.6 is 11.6 Å². The summed E-state index contributed by atoms with van der Waals surface area (Å²) in [6, 6.07) is 3.70. The molecule has 1 aliphatic rings. The van der Waals surface area contributed by atoms with Gasteiger partial charge in [-0.1, -0.05) is 17.7 Å².